The Morgan fingerprint density at radius 2 is 2.00 bits per heavy atom. The molecule has 2 rings (SSSR count). The zero-order valence-corrected chi connectivity index (χ0v) is 19.8. The number of hydrogen-bond acceptors (Lipinski definition) is 6. The molecule has 0 aliphatic carbocycles. The first-order valence-electron chi connectivity index (χ1n) is 8.76. The van der Waals surface area contributed by atoms with Crippen LogP contribution in [0.1, 0.15) is 48.6 Å². The van der Waals surface area contributed by atoms with Gasteiger partial charge in [-0.05, 0) is 30.5 Å². The van der Waals surface area contributed by atoms with E-state index in [1.165, 1.54) is 6.07 Å². The summed E-state index contributed by atoms with van der Waals surface area (Å²) in [6, 6.07) is 4.52. The van der Waals surface area contributed by atoms with Gasteiger partial charge in [-0.25, -0.2) is 9.37 Å². The number of anilines is 2. The number of aromatic nitrogens is 2. The van der Waals surface area contributed by atoms with Crippen LogP contribution in [0.25, 0.3) is 0 Å². The molecule has 0 aliphatic rings. The van der Waals surface area contributed by atoms with E-state index in [9.17, 15) is 9.18 Å². The summed E-state index contributed by atoms with van der Waals surface area (Å²) in [5, 5.41) is 12.1. The number of hydrogen-bond donors (Lipinski definition) is 3. The van der Waals surface area contributed by atoms with E-state index in [0.717, 1.165) is 31.4 Å². The third-order valence-corrected chi connectivity index (χ3v) is 4.14. The van der Waals surface area contributed by atoms with E-state index in [0.29, 0.717) is 29.1 Å². The fourth-order valence-corrected chi connectivity index (χ4v) is 2.77. The second-order valence-electron chi connectivity index (χ2n) is 6.30. The van der Waals surface area contributed by atoms with Crippen molar-refractivity contribution in [1.82, 2.24) is 9.97 Å². The number of nitrogens with one attached hydrogen (secondary N) is 1. The maximum absolute atomic E-state index is 14.4. The second-order valence-corrected chi connectivity index (χ2v) is 6.30. The number of carbonyl (C=O) groups is 1. The van der Waals surface area contributed by atoms with E-state index >= 15 is 0 Å². The summed E-state index contributed by atoms with van der Waals surface area (Å²) in [7, 11) is 0. The number of rotatable bonds is 9. The molecule has 0 fully saturated rings. The summed E-state index contributed by atoms with van der Waals surface area (Å²) in [5.41, 5.74) is 8.14. The molecule has 0 amide bonds. The quantitative estimate of drug-likeness (QED) is 0.392. The second kappa shape index (κ2) is 13.2. The van der Waals surface area contributed by atoms with Gasteiger partial charge in [0.05, 0.1) is 6.42 Å². The summed E-state index contributed by atoms with van der Waals surface area (Å²) in [6.07, 6.45) is 3.35. The molecule has 0 radical (unpaired) electrons. The van der Waals surface area contributed by atoms with Gasteiger partial charge in [0.15, 0.2) is 0 Å². The summed E-state index contributed by atoms with van der Waals surface area (Å²) < 4.78 is 14.4. The molecule has 148 valence electrons. The number of carboxylic acids is 1. The van der Waals surface area contributed by atoms with Crippen LogP contribution >= 0.6 is 0 Å². The van der Waals surface area contributed by atoms with Crippen LogP contribution in [0, 0.1) is 12.7 Å². The van der Waals surface area contributed by atoms with Crippen LogP contribution in [-0.2, 0) is 17.6 Å². The SMILES string of the molecule is CCCCCNc1nc(N)nc(C)c1Cc1ccc(CC(=O)O)cc1F.[K+].[OH-]. The molecule has 28 heavy (non-hydrogen) atoms. The summed E-state index contributed by atoms with van der Waals surface area (Å²) >= 11 is 0. The van der Waals surface area contributed by atoms with Crippen LogP contribution in [0.5, 0.6) is 0 Å². The number of nitrogens with two attached hydrogens (primary N) is 1. The average Bonchev–Trinajstić information content (AvgIpc) is 2.55. The number of halogens is 1. The predicted molar refractivity (Wildman–Crippen MR) is 102 cm³/mol. The first-order chi connectivity index (χ1) is 12.4. The Hall–Kier alpha value is -1.10. The molecule has 0 aliphatic heterocycles. The molecule has 2 aromatic rings. The Kier molecular flexibility index (Phi) is 12.7. The largest absolute Gasteiger partial charge is 1.00 e. The number of benzene rings is 1. The number of carboxylic acid groups (broad SMARTS) is 1. The molecule has 0 bridgehead atoms. The molecule has 1 heterocycles. The van der Waals surface area contributed by atoms with Crippen LogP contribution in [0.15, 0.2) is 18.2 Å². The van der Waals surface area contributed by atoms with E-state index < -0.39 is 11.8 Å². The topological polar surface area (TPSA) is 131 Å². The molecule has 0 unspecified atom stereocenters. The van der Waals surface area contributed by atoms with Crippen molar-refractivity contribution in [2.75, 3.05) is 17.6 Å². The van der Waals surface area contributed by atoms with E-state index in [2.05, 4.69) is 22.2 Å². The Balaban J connectivity index is 0.00000364. The van der Waals surface area contributed by atoms with Gasteiger partial charge in [-0.1, -0.05) is 31.9 Å². The molecule has 9 heteroatoms. The smallest absolute Gasteiger partial charge is 0.870 e. The van der Waals surface area contributed by atoms with Crippen LogP contribution in [0.2, 0.25) is 0 Å². The third-order valence-electron chi connectivity index (χ3n) is 4.14. The van der Waals surface area contributed by atoms with Crippen molar-refractivity contribution in [3.05, 3.63) is 46.4 Å². The minimum absolute atomic E-state index is 0. The molecule has 0 saturated heterocycles. The van der Waals surface area contributed by atoms with Gasteiger partial charge >= 0.3 is 57.4 Å². The van der Waals surface area contributed by atoms with Crippen LogP contribution < -0.4 is 62.4 Å². The van der Waals surface area contributed by atoms with Gasteiger partial charge in [0.2, 0.25) is 5.95 Å². The Morgan fingerprint density at radius 1 is 1.29 bits per heavy atom. The molecule has 1 aromatic heterocycles. The fraction of sp³-hybridized carbons (Fsp3) is 0.421. The Labute approximate surface area is 207 Å². The van der Waals surface area contributed by atoms with Crippen molar-refractivity contribution >= 4 is 17.7 Å². The van der Waals surface area contributed by atoms with Crippen molar-refractivity contribution in [3.63, 3.8) is 0 Å². The van der Waals surface area contributed by atoms with Crippen molar-refractivity contribution in [2.24, 2.45) is 0 Å². The van der Waals surface area contributed by atoms with Crippen LogP contribution in [0.3, 0.4) is 0 Å². The van der Waals surface area contributed by atoms with Gasteiger partial charge in [-0.2, -0.15) is 4.98 Å². The number of nitrogens with zero attached hydrogens (tertiary/aromatic N) is 2. The third kappa shape index (κ3) is 8.10. The number of unbranched alkanes of at least 4 members (excludes halogenated alkanes) is 2. The number of aryl methyl sites for hydroxylation is 1. The monoisotopic (exact) mass is 416 g/mol. The van der Waals surface area contributed by atoms with Gasteiger partial charge in [-0.3, -0.25) is 4.79 Å². The number of aliphatic carboxylic acids is 1. The average molecular weight is 417 g/mol. The van der Waals surface area contributed by atoms with Crippen LogP contribution in [0.4, 0.5) is 16.2 Å². The minimum Gasteiger partial charge on any atom is -0.870 e. The maximum atomic E-state index is 14.4. The molecule has 0 atom stereocenters. The van der Waals surface area contributed by atoms with Crippen molar-refractivity contribution in [1.29, 1.82) is 0 Å². The molecule has 0 saturated carbocycles. The Bertz CT molecular complexity index is 790. The van der Waals surface area contributed by atoms with E-state index in [1.807, 2.05) is 6.92 Å². The number of nitrogen functional groups attached to an aromatic ring is 1. The van der Waals surface area contributed by atoms with E-state index in [-0.39, 0.29) is 69.2 Å². The van der Waals surface area contributed by atoms with Gasteiger partial charge in [0.1, 0.15) is 11.6 Å². The summed E-state index contributed by atoms with van der Waals surface area (Å²) in [5.74, 6) is -0.614. The first-order valence-corrected chi connectivity index (χ1v) is 8.76. The van der Waals surface area contributed by atoms with Crippen molar-refractivity contribution in [2.45, 2.75) is 46.0 Å². The standard InChI is InChI=1S/C19H25FN4O2.K.H2O/c1-3-4-5-8-22-18-15(12(2)23-19(21)24-18)11-14-7-6-13(9-16(14)20)10-17(25)26;;/h6-7,9H,3-5,8,10-11H2,1-2H3,(H,25,26)(H3,21,22,23,24);;1H2/q;+1;/p-1. The molecule has 1 aromatic carbocycles. The van der Waals surface area contributed by atoms with E-state index in [1.54, 1.807) is 12.1 Å². The zero-order chi connectivity index (χ0) is 19.1. The normalized spacial score (nSPS) is 9.96. The zero-order valence-electron chi connectivity index (χ0n) is 16.6. The molecular formula is C19H26FKN4O3. The van der Waals surface area contributed by atoms with Gasteiger partial charge in [0.25, 0.3) is 0 Å². The van der Waals surface area contributed by atoms with Gasteiger partial charge in [-0.15, -0.1) is 0 Å². The minimum atomic E-state index is -0.988. The molecular weight excluding hydrogens is 390 g/mol. The Morgan fingerprint density at radius 3 is 2.61 bits per heavy atom. The van der Waals surface area contributed by atoms with Gasteiger partial charge < -0.3 is 21.6 Å². The van der Waals surface area contributed by atoms with Crippen molar-refractivity contribution < 1.29 is 71.2 Å². The maximum Gasteiger partial charge on any atom is 1.00 e. The first kappa shape index (κ1) is 26.9. The molecule has 0 spiro atoms. The van der Waals surface area contributed by atoms with Gasteiger partial charge in [0, 0.05) is 24.2 Å². The fourth-order valence-electron chi connectivity index (χ4n) is 2.77. The van der Waals surface area contributed by atoms with Crippen molar-refractivity contribution in [3.8, 4) is 0 Å². The summed E-state index contributed by atoms with van der Waals surface area (Å²) in [4.78, 5) is 19.2. The van der Waals surface area contributed by atoms with Crippen LogP contribution in [-0.4, -0.2) is 33.1 Å². The molecule has 7 nitrogen and oxygen atoms in total. The molecule has 5 N–H and O–H groups in total. The summed E-state index contributed by atoms with van der Waals surface area (Å²) in [6.45, 7) is 4.72. The van der Waals surface area contributed by atoms with E-state index in [4.69, 9.17) is 10.8 Å². The predicted octanol–water partition coefficient (Wildman–Crippen LogP) is 0.154.